The zero-order valence-electron chi connectivity index (χ0n) is 15.2. The van der Waals surface area contributed by atoms with Gasteiger partial charge in [-0.3, -0.25) is 9.59 Å². The molecule has 27 heavy (non-hydrogen) atoms. The topological polar surface area (TPSA) is 59.1 Å². The fourth-order valence-electron chi connectivity index (χ4n) is 2.85. The number of amides is 2. The molecule has 1 heterocycles. The van der Waals surface area contributed by atoms with Crippen molar-refractivity contribution in [3.05, 3.63) is 53.0 Å². The van der Waals surface area contributed by atoms with E-state index in [9.17, 15) is 9.59 Å². The van der Waals surface area contributed by atoms with E-state index < -0.39 is 6.10 Å². The van der Waals surface area contributed by atoms with Gasteiger partial charge >= 0.3 is 0 Å². The highest BCUT2D eigenvalue weighted by atomic mass is 79.9. The number of anilines is 1. The van der Waals surface area contributed by atoms with Crippen molar-refractivity contribution in [1.82, 2.24) is 4.90 Å². The third kappa shape index (κ3) is 4.60. The van der Waals surface area contributed by atoms with Gasteiger partial charge in [-0.1, -0.05) is 28.1 Å². The highest BCUT2D eigenvalue weighted by Gasteiger charge is 2.33. The molecule has 3 rings (SSSR count). The van der Waals surface area contributed by atoms with Crippen molar-refractivity contribution in [2.75, 3.05) is 31.6 Å². The molecule has 0 bridgehead atoms. The quantitative estimate of drug-likeness (QED) is 0.728. The molecular weight excluding hydrogens is 412 g/mol. The molecule has 7 heteroatoms. The summed E-state index contributed by atoms with van der Waals surface area (Å²) in [6.07, 6.45) is -0.735. The molecule has 2 aromatic rings. The summed E-state index contributed by atoms with van der Waals surface area (Å²) in [7, 11) is 1.70. The third-order valence-corrected chi connectivity index (χ3v) is 4.84. The fraction of sp³-hybridized carbons (Fsp3) is 0.300. The smallest absolute Gasteiger partial charge is 0.265 e. The maximum absolute atomic E-state index is 12.8. The largest absolute Gasteiger partial charge is 0.492 e. The number of carbonyl (C=O) groups excluding carboxylic acids is 2. The van der Waals surface area contributed by atoms with Crippen LogP contribution in [0.5, 0.6) is 11.5 Å². The van der Waals surface area contributed by atoms with Crippen LogP contribution in [0.3, 0.4) is 0 Å². The van der Waals surface area contributed by atoms with Crippen LogP contribution in [-0.2, 0) is 9.59 Å². The van der Waals surface area contributed by atoms with Crippen molar-refractivity contribution in [3.8, 4) is 11.5 Å². The summed E-state index contributed by atoms with van der Waals surface area (Å²) in [6.45, 7) is 2.46. The molecule has 0 saturated carbocycles. The van der Waals surface area contributed by atoms with Crippen LogP contribution in [-0.4, -0.2) is 49.6 Å². The van der Waals surface area contributed by atoms with Gasteiger partial charge in [0.1, 0.15) is 18.1 Å². The zero-order chi connectivity index (χ0) is 19.4. The fourth-order valence-corrected chi connectivity index (χ4v) is 3.11. The molecule has 1 aliphatic rings. The zero-order valence-corrected chi connectivity index (χ0v) is 16.8. The number of para-hydroxylation sites is 2. The maximum atomic E-state index is 12.8. The second kappa shape index (κ2) is 8.43. The molecule has 1 aliphatic heterocycles. The standard InChI is InChI=1S/C20H21BrN2O4/c1-14(24)23-13-19(27-18-6-4-3-5-17(18)23)20(25)22(2)11-12-26-16-9-7-15(21)8-10-16/h3-10,19H,11-13H2,1-2H3. The molecular formula is C20H21BrN2O4. The number of halogens is 1. The molecule has 2 amide bonds. The average molecular weight is 433 g/mol. The maximum Gasteiger partial charge on any atom is 0.265 e. The van der Waals surface area contributed by atoms with Crippen LogP contribution in [0.15, 0.2) is 53.0 Å². The lowest BCUT2D eigenvalue weighted by molar-refractivity contribution is -0.137. The Balaban J connectivity index is 1.59. The van der Waals surface area contributed by atoms with Crippen LogP contribution in [0, 0.1) is 0 Å². The Bertz CT molecular complexity index is 825. The Morgan fingerprint density at radius 3 is 2.63 bits per heavy atom. The number of hydrogen-bond donors (Lipinski definition) is 0. The van der Waals surface area contributed by atoms with Crippen LogP contribution >= 0.6 is 15.9 Å². The summed E-state index contributed by atoms with van der Waals surface area (Å²) >= 11 is 3.38. The number of benzene rings is 2. The molecule has 0 radical (unpaired) electrons. The normalized spacial score (nSPS) is 15.5. The van der Waals surface area contributed by atoms with Crippen molar-refractivity contribution in [2.24, 2.45) is 0 Å². The summed E-state index contributed by atoms with van der Waals surface area (Å²) in [4.78, 5) is 27.9. The SMILES string of the molecule is CC(=O)N1CC(C(=O)N(C)CCOc2ccc(Br)cc2)Oc2ccccc21. The van der Waals surface area contributed by atoms with E-state index >= 15 is 0 Å². The predicted octanol–water partition coefficient (Wildman–Crippen LogP) is 3.10. The summed E-state index contributed by atoms with van der Waals surface area (Å²) in [5.41, 5.74) is 0.690. The second-order valence-corrected chi connectivity index (χ2v) is 7.18. The van der Waals surface area contributed by atoms with E-state index in [1.807, 2.05) is 42.5 Å². The Labute approximate surface area is 166 Å². The molecule has 0 N–H and O–H groups in total. The third-order valence-electron chi connectivity index (χ3n) is 4.31. The summed E-state index contributed by atoms with van der Waals surface area (Å²) < 4.78 is 12.5. The minimum absolute atomic E-state index is 0.121. The molecule has 142 valence electrons. The average Bonchev–Trinajstić information content (AvgIpc) is 2.67. The summed E-state index contributed by atoms with van der Waals surface area (Å²) in [6, 6.07) is 14.7. The van der Waals surface area contributed by atoms with Gasteiger partial charge in [0.15, 0.2) is 6.10 Å². The number of hydrogen-bond acceptors (Lipinski definition) is 4. The lowest BCUT2D eigenvalue weighted by Gasteiger charge is -2.35. The van der Waals surface area contributed by atoms with Gasteiger partial charge in [-0.15, -0.1) is 0 Å². The molecule has 2 aromatic carbocycles. The number of rotatable bonds is 5. The molecule has 0 fully saturated rings. The Morgan fingerprint density at radius 2 is 1.93 bits per heavy atom. The van der Waals surface area contributed by atoms with E-state index in [0.717, 1.165) is 10.2 Å². The summed E-state index contributed by atoms with van der Waals surface area (Å²) in [5, 5.41) is 0. The van der Waals surface area contributed by atoms with Gasteiger partial charge in [0.2, 0.25) is 5.91 Å². The molecule has 1 unspecified atom stereocenters. The molecule has 0 spiro atoms. The Morgan fingerprint density at radius 1 is 1.22 bits per heavy atom. The molecule has 0 aromatic heterocycles. The second-order valence-electron chi connectivity index (χ2n) is 6.27. The van der Waals surface area contributed by atoms with Crippen molar-refractivity contribution in [1.29, 1.82) is 0 Å². The van der Waals surface area contributed by atoms with E-state index in [-0.39, 0.29) is 18.4 Å². The first-order valence-corrected chi connectivity index (χ1v) is 9.42. The van der Waals surface area contributed by atoms with Gasteiger partial charge in [-0.05, 0) is 36.4 Å². The highest BCUT2D eigenvalue weighted by molar-refractivity contribution is 9.10. The molecule has 6 nitrogen and oxygen atoms in total. The van der Waals surface area contributed by atoms with Gasteiger partial charge < -0.3 is 19.3 Å². The van der Waals surface area contributed by atoms with E-state index in [1.165, 1.54) is 6.92 Å². The molecule has 1 atom stereocenters. The number of nitrogens with zero attached hydrogens (tertiary/aromatic N) is 2. The highest BCUT2D eigenvalue weighted by Crippen LogP contribution is 2.33. The number of ether oxygens (including phenoxy) is 2. The van der Waals surface area contributed by atoms with Gasteiger partial charge in [0, 0.05) is 18.4 Å². The minimum Gasteiger partial charge on any atom is -0.492 e. The number of likely N-dealkylation sites (N-methyl/N-ethyl adjacent to an activating group) is 1. The van der Waals surface area contributed by atoms with E-state index in [4.69, 9.17) is 9.47 Å². The van der Waals surface area contributed by atoms with Gasteiger partial charge in [0.05, 0.1) is 18.8 Å². The van der Waals surface area contributed by atoms with Crippen LogP contribution < -0.4 is 14.4 Å². The summed E-state index contributed by atoms with van der Waals surface area (Å²) in [5.74, 6) is 0.974. The van der Waals surface area contributed by atoms with Crippen LogP contribution in [0.4, 0.5) is 5.69 Å². The van der Waals surface area contributed by atoms with E-state index in [1.54, 1.807) is 22.9 Å². The minimum atomic E-state index is -0.735. The number of carbonyl (C=O) groups is 2. The predicted molar refractivity (Wildman–Crippen MR) is 106 cm³/mol. The van der Waals surface area contributed by atoms with Crippen LogP contribution in [0.2, 0.25) is 0 Å². The molecule has 0 aliphatic carbocycles. The van der Waals surface area contributed by atoms with E-state index in [0.29, 0.717) is 24.6 Å². The Kier molecular flexibility index (Phi) is 6.01. The lowest BCUT2D eigenvalue weighted by atomic mass is 10.1. The molecule has 0 saturated heterocycles. The number of fused-ring (bicyclic) bond motifs is 1. The van der Waals surface area contributed by atoms with Crippen LogP contribution in [0.1, 0.15) is 6.92 Å². The van der Waals surface area contributed by atoms with Crippen molar-refractivity contribution >= 4 is 33.4 Å². The van der Waals surface area contributed by atoms with E-state index in [2.05, 4.69) is 15.9 Å². The lowest BCUT2D eigenvalue weighted by Crippen LogP contribution is -2.51. The Hall–Kier alpha value is -2.54. The first kappa shape index (κ1) is 19.2. The van der Waals surface area contributed by atoms with Gasteiger partial charge in [-0.2, -0.15) is 0 Å². The van der Waals surface area contributed by atoms with Gasteiger partial charge in [-0.25, -0.2) is 0 Å². The van der Waals surface area contributed by atoms with Gasteiger partial charge in [0.25, 0.3) is 5.91 Å². The van der Waals surface area contributed by atoms with Crippen molar-refractivity contribution in [2.45, 2.75) is 13.0 Å². The first-order chi connectivity index (χ1) is 13.0. The monoisotopic (exact) mass is 432 g/mol. The van der Waals surface area contributed by atoms with Crippen LogP contribution in [0.25, 0.3) is 0 Å². The van der Waals surface area contributed by atoms with Crippen molar-refractivity contribution in [3.63, 3.8) is 0 Å². The van der Waals surface area contributed by atoms with Crippen molar-refractivity contribution < 1.29 is 19.1 Å². The first-order valence-electron chi connectivity index (χ1n) is 8.63.